The molecule has 1 aliphatic heterocycles. The number of nitrogens with zero attached hydrogens (tertiary/aromatic N) is 1. The number of rotatable bonds is 4. The van der Waals surface area contributed by atoms with Gasteiger partial charge in [-0.2, -0.15) is 0 Å². The highest BCUT2D eigenvalue weighted by Crippen LogP contribution is 2.41. The van der Waals surface area contributed by atoms with Crippen LogP contribution in [0.25, 0.3) is 0 Å². The highest BCUT2D eigenvalue weighted by molar-refractivity contribution is 5.94. The molecule has 2 N–H and O–H groups in total. The van der Waals surface area contributed by atoms with Gasteiger partial charge in [-0.15, -0.1) is 0 Å². The van der Waals surface area contributed by atoms with E-state index < -0.39 is 18.1 Å². The topological polar surface area (TPSA) is 72.6 Å². The minimum Gasteiger partial charge on any atom is -0.467 e. The number of ether oxygens (including phenoxy) is 1. The summed E-state index contributed by atoms with van der Waals surface area (Å²) in [5.41, 5.74) is 7.62. The Labute approximate surface area is 134 Å². The number of hydrogen-bond donors (Lipinski definition) is 1. The third-order valence-electron chi connectivity index (χ3n) is 4.14. The lowest BCUT2D eigenvalue weighted by Gasteiger charge is -2.48. The standard InChI is InChI=1S/C18H18N2O3/c1-23-18(22)16(13-10-6-3-7-11-13)20-15(14(19)17(20)21)12-8-4-2-5-9-12/h2-11,14-16H,19H2,1H3. The molecule has 0 radical (unpaired) electrons. The Balaban J connectivity index is 2.01. The van der Waals surface area contributed by atoms with E-state index in [1.807, 2.05) is 48.5 Å². The van der Waals surface area contributed by atoms with Crippen molar-refractivity contribution in [3.8, 4) is 0 Å². The fraction of sp³-hybridized carbons (Fsp3) is 0.222. The molecular formula is C18H18N2O3. The summed E-state index contributed by atoms with van der Waals surface area (Å²) in [6.45, 7) is 0. The van der Waals surface area contributed by atoms with Gasteiger partial charge in [0.1, 0.15) is 6.04 Å². The van der Waals surface area contributed by atoms with Crippen LogP contribution in [0.15, 0.2) is 60.7 Å². The minimum absolute atomic E-state index is 0.252. The molecule has 2 aromatic rings. The highest BCUT2D eigenvalue weighted by atomic mass is 16.5. The van der Waals surface area contributed by atoms with E-state index in [-0.39, 0.29) is 11.9 Å². The number of carbonyl (C=O) groups is 2. The normalized spacial score (nSPS) is 21.5. The summed E-state index contributed by atoms with van der Waals surface area (Å²) in [6, 6.07) is 16.8. The van der Waals surface area contributed by atoms with Crippen LogP contribution in [-0.4, -0.2) is 29.9 Å². The van der Waals surface area contributed by atoms with Crippen molar-refractivity contribution in [2.45, 2.75) is 18.1 Å². The molecule has 5 nitrogen and oxygen atoms in total. The third kappa shape index (κ3) is 2.59. The molecule has 0 spiro atoms. The average molecular weight is 310 g/mol. The lowest BCUT2D eigenvalue weighted by atomic mass is 9.85. The molecule has 0 saturated carbocycles. The van der Waals surface area contributed by atoms with Crippen molar-refractivity contribution in [2.24, 2.45) is 5.73 Å². The predicted octanol–water partition coefficient (Wildman–Crippen LogP) is 1.81. The Morgan fingerprint density at radius 2 is 1.65 bits per heavy atom. The van der Waals surface area contributed by atoms with Gasteiger partial charge in [0.2, 0.25) is 5.91 Å². The Hall–Kier alpha value is -2.66. The maximum Gasteiger partial charge on any atom is 0.333 e. The number of methoxy groups -OCH3 is 1. The van der Waals surface area contributed by atoms with Crippen LogP contribution in [0.3, 0.4) is 0 Å². The lowest BCUT2D eigenvalue weighted by Crippen LogP contribution is -2.64. The van der Waals surface area contributed by atoms with Gasteiger partial charge >= 0.3 is 5.97 Å². The molecular weight excluding hydrogens is 292 g/mol. The molecule has 2 aromatic carbocycles. The number of hydrogen-bond acceptors (Lipinski definition) is 4. The summed E-state index contributed by atoms with van der Waals surface area (Å²) in [6.07, 6.45) is 0. The molecule has 3 atom stereocenters. The zero-order chi connectivity index (χ0) is 16.4. The lowest BCUT2D eigenvalue weighted by molar-refractivity contribution is -0.166. The fourth-order valence-electron chi connectivity index (χ4n) is 3.00. The zero-order valence-corrected chi connectivity index (χ0v) is 12.8. The van der Waals surface area contributed by atoms with Gasteiger partial charge in [0.05, 0.1) is 13.2 Å². The number of carbonyl (C=O) groups excluding carboxylic acids is 2. The van der Waals surface area contributed by atoms with Gasteiger partial charge in [-0.1, -0.05) is 60.7 Å². The van der Waals surface area contributed by atoms with Gasteiger partial charge < -0.3 is 15.4 Å². The SMILES string of the molecule is COC(=O)C(c1ccccc1)N1C(=O)C(N)C1c1ccccc1. The second-order valence-electron chi connectivity index (χ2n) is 5.46. The summed E-state index contributed by atoms with van der Waals surface area (Å²) in [4.78, 5) is 26.2. The van der Waals surface area contributed by atoms with Crippen molar-refractivity contribution in [2.75, 3.05) is 7.11 Å². The maximum atomic E-state index is 12.4. The summed E-state index contributed by atoms with van der Waals surface area (Å²) in [7, 11) is 1.32. The van der Waals surface area contributed by atoms with Crippen molar-refractivity contribution in [1.29, 1.82) is 0 Å². The summed E-state index contributed by atoms with van der Waals surface area (Å²) < 4.78 is 4.92. The Bertz CT molecular complexity index is 703. The van der Waals surface area contributed by atoms with Gasteiger partial charge in [0.15, 0.2) is 6.04 Å². The van der Waals surface area contributed by atoms with Crippen molar-refractivity contribution in [3.05, 3.63) is 71.8 Å². The van der Waals surface area contributed by atoms with Crippen LogP contribution in [-0.2, 0) is 14.3 Å². The molecule has 118 valence electrons. The molecule has 3 rings (SSSR count). The molecule has 1 saturated heterocycles. The molecule has 1 fully saturated rings. The van der Waals surface area contributed by atoms with E-state index in [9.17, 15) is 9.59 Å². The van der Waals surface area contributed by atoms with E-state index in [2.05, 4.69) is 0 Å². The molecule has 1 amide bonds. The average Bonchev–Trinajstić information content (AvgIpc) is 2.62. The molecule has 3 unspecified atom stereocenters. The van der Waals surface area contributed by atoms with Gasteiger partial charge in [-0.25, -0.2) is 4.79 Å². The number of esters is 1. The van der Waals surface area contributed by atoms with Crippen LogP contribution in [0.5, 0.6) is 0 Å². The van der Waals surface area contributed by atoms with E-state index in [1.165, 1.54) is 12.0 Å². The molecule has 1 heterocycles. The quantitative estimate of drug-likeness (QED) is 0.690. The Morgan fingerprint density at radius 1 is 1.09 bits per heavy atom. The van der Waals surface area contributed by atoms with Crippen molar-refractivity contribution < 1.29 is 14.3 Å². The number of benzene rings is 2. The maximum absolute atomic E-state index is 12.4. The largest absolute Gasteiger partial charge is 0.467 e. The Morgan fingerprint density at radius 3 is 2.22 bits per heavy atom. The fourth-order valence-corrected chi connectivity index (χ4v) is 3.00. The molecule has 0 aliphatic carbocycles. The van der Waals surface area contributed by atoms with Crippen LogP contribution in [0.1, 0.15) is 23.2 Å². The van der Waals surface area contributed by atoms with E-state index in [4.69, 9.17) is 10.5 Å². The first kappa shape index (κ1) is 15.2. The monoisotopic (exact) mass is 310 g/mol. The smallest absolute Gasteiger partial charge is 0.333 e. The van der Waals surface area contributed by atoms with Crippen molar-refractivity contribution >= 4 is 11.9 Å². The van der Waals surface area contributed by atoms with Crippen molar-refractivity contribution in [3.63, 3.8) is 0 Å². The molecule has 1 aliphatic rings. The van der Waals surface area contributed by atoms with Gasteiger partial charge in [0, 0.05) is 0 Å². The first-order valence-corrected chi connectivity index (χ1v) is 7.40. The van der Waals surface area contributed by atoms with Gasteiger partial charge in [-0.05, 0) is 11.1 Å². The Kier molecular flexibility index (Phi) is 4.12. The first-order valence-electron chi connectivity index (χ1n) is 7.40. The number of amides is 1. The van der Waals surface area contributed by atoms with Crippen LogP contribution >= 0.6 is 0 Å². The number of β-lactam (4-membered cyclic amide) rings is 1. The van der Waals surface area contributed by atoms with Crippen LogP contribution < -0.4 is 5.73 Å². The van der Waals surface area contributed by atoms with E-state index in [0.29, 0.717) is 5.56 Å². The van der Waals surface area contributed by atoms with Crippen LogP contribution in [0, 0.1) is 0 Å². The molecule has 0 bridgehead atoms. The number of likely N-dealkylation sites (tertiary alicyclic amines) is 1. The highest BCUT2D eigenvalue weighted by Gasteiger charge is 2.51. The third-order valence-corrected chi connectivity index (χ3v) is 4.14. The second kappa shape index (κ2) is 6.22. The van der Waals surface area contributed by atoms with E-state index >= 15 is 0 Å². The number of nitrogens with two attached hydrogens (primary N) is 1. The molecule has 5 heteroatoms. The molecule has 0 aromatic heterocycles. The predicted molar refractivity (Wildman–Crippen MR) is 85.2 cm³/mol. The summed E-state index contributed by atoms with van der Waals surface area (Å²) >= 11 is 0. The second-order valence-corrected chi connectivity index (χ2v) is 5.46. The van der Waals surface area contributed by atoms with Crippen molar-refractivity contribution in [1.82, 2.24) is 4.90 Å². The molecule has 23 heavy (non-hydrogen) atoms. The summed E-state index contributed by atoms with van der Waals surface area (Å²) in [5.74, 6) is -0.726. The minimum atomic E-state index is -0.793. The van der Waals surface area contributed by atoms with Gasteiger partial charge in [0.25, 0.3) is 0 Å². The van der Waals surface area contributed by atoms with Crippen LogP contribution in [0.2, 0.25) is 0 Å². The van der Waals surface area contributed by atoms with Crippen LogP contribution in [0.4, 0.5) is 0 Å². The van der Waals surface area contributed by atoms with E-state index in [1.54, 1.807) is 12.1 Å². The van der Waals surface area contributed by atoms with E-state index in [0.717, 1.165) is 5.56 Å². The summed E-state index contributed by atoms with van der Waals surface area (Å²) in [5, 5.41) is 0. The van der Waals surface area contributed by atoms with Gasteiger partial charge in [-0.3, -0.25) is 4.79 Å². The zero-order valence-electron chi connectivity index (χ0n) is 12.8. The first-order chi connectivity index (χ1) is 11.1.